The molecule has 9 nitrogen and oxygen atoms in total. The maximum absolute atomic E-state index is 12.0. The number of aromatic nitrogens is 2. The number of carbonyl (C=O) groups is 1. The van der Waals surface area contributed by atoms with E-state index in [1.807, 2.05) is 51.1 Å². The minimum atomic E-state index is -0.498. The molecule has 228 valence electrons. The molecule has 1 amide bonds. The average Bonchev–Trinajstić information content (AvgIpc) is 2.89. The smallest absolute Gasteiger partial charge is 0.407 e. The highest BCUT2D eigenvalue weighted by Gasteiger charge is 2.49. The Kier molecular flexibility index (Phi) is 7.71. The average molecular weight is 587 g/mol. The third-order valence-electron chi connectivity index (χ3n) is 8.51. The first kappa shape index (κ1) is 29.2. The van der Waals surface area contributed by atoms with Gasteiger partial charge in [-0.2, -0.15) is 0 Å². The van der Waals surface area contributed by atoms with Gasteiger partial charge in [-0.05, 0) is 62.2 Å². The molecule has 0 atom stereocenters. The van der Waals surface area contributed by atoms with Crippen LogP contribution in [0.1, 0.15) is 64.3 Å². The van der Waals surface area contributed by atoms with Crippen molar-refractivity contribution in [2.45, 2.75) is 77.2 Å². The zero-order chi connectivity index (χ0) is 30.2. The fourth-order valence-electron chi connectivity index (χ4n) is 5.78. The summed E-state index contributed by atoms with van der Waals surface area (Å²) < 4.78 is 22.9. The lowest BCUT2D eigenvalue weighted by Crippen LogP contribution is -2.66. The van der Waals surface area contributed by atoms with E-state index in [0.717, 1.165) is 62.3 Å². The van der Waals surface area contributed by atoms with Crippen molar-refractivity contribution in [3.05, 3.63) is 77.6 Å². The molecular formula is C34H42N4O5. The van der Waals surface area contributed by atoms with Gasteiger partial charge in [0.05, 0.1) is 24.3 Å². The highest BCUT2D eigenvalue weighted by molar-refractivity contribution is 5.68. The summed E-state index contributed by atoms with van der Waals surface area (Å²) in [4.78, 5) is 23.3. The normalized spacial score (nSPS) is 20.8. The molecule has 0 unspecified atom stereocenters. The summed E-state index contributed by atoms with van der Waals surface area (Å²) in [5.41, 5.74) is 2.88. The second-order valence-electron chi connectivity index (χ2n) is 13.7. The van der Waals surface area contributed by atoms with Gasteiger partial charge in [0.25, 0.3) is 0 Å². The van der Waals surface area contributed by atoms with Crippen molar-refractivity contribution in [1.29, 1.82) is 0 Å². The second-order valence-corrected chi connectivity index (χ2v) is 13.7. The van der Waals surface area contributed by atoms with E-state index < -0.39 is 5.60 Å². The second kappa shape index (κ2) is 11.3. The van der Waals surface area contributed by atoms with E-state index in [0.29, 0.717) is 12.0 Å². The minimum Gasteiger partial charge on any atom is -0.490 e. The van der Waals surface area contributed by atoms with Crippen molar-refractivity contribution in [3.63, 3.8) is 0 Å². The fraction of sp³-hybridized carbons (Fsp3) is 0.500. The molecule has 1 saturated carbocycles. The van der Waals surface area contributed by atoms with Crippen molar-refractivity contribution in [2.24, 2.45) is 5.41 Å². The number of hydrogen-bond donors (Lipinski definition) is 1. The molecule has 6 rings (SSSR count). The maximum Gasteiger partial charge on any atom is 0.407 e. The number of carbonyl (C=O) groups excluding carboxylic acids is 1. The van der Waals surface area contributed by atoms with Crippen molar-refractivity contribution in [2.75, 3.05) is 31.2 Å². The van der Waals surface area contributed by atoms with Gasteiger partial charge < -0.3 is 29.2 Å². The first-order chi connectivity index (χ1) is 20.5. The summed E-state index contributed by atoms with van der Waals surface area (Å²) in [5, 5.41) is 2.91. The van der Waals surface area contributed by atoms with Crippen LogP contribution in [-0.4, -0.2) is 60.1 Å². The predicted molar refractivity (Wildman–Crippen MR) is 164 cm³/mol. The Balaban J connectivity index is 0.977. The van der Waals surface area contributed by atoms with Crippen LogP contribution in [0.2, 0.25) is 0 Å². The lowest BCUT2D eigenvalue weighted by molar-refractivity contribution is -0.127. The van der Waals surface area contributed by atoms with Gasteiger partial charge in [-0.1, -0.05) is 38.1 Å². The summed E-state index contributed by atoms with van der Waals surface area (Å²) >= 11 is 0. The first-order valence-electron chi connectivity index (χ1n) is 15.1. The van der Waals surface area contributed by atoms with Crippen LogP contribution in [0, 0.1) is 5.41 Å². The predicted octanol–water partition coefficient (Wildman–Crippen LogP) is 5.65. The van der Waals surface area contributed by atoms with Crippen molar-refractivity contribution < 1.29 is 23.7 Å². The lowest BCUT2D eigenvalue weighted by Gasteiger charge is -2.54. The van der Waals surface area contributed by atoms with E-state index in [1.54, 1.807) is 6.20 Å². The highest BCUT2D eigenvalue weighted by atomic mass is 16.6. The molecule has 9 heteroatoms. The Morgan fingerprint density at radius 2 is 1.58 bits per heavy atom. The van der Waals surface area contributed by atoms with E-state index in [4.69, 9.17) is 23.9 Å². The summed E-state index contributed by atoms with van der Waals surface area (Å²) in [6.45, 7) is 14.0. The SMILES string of the molecule is CC(C)(C)OC(=O)NC1CC(Oc2ccc(C(C)(C)c3ccc(OCc4ccnc(N5CC6(COC6)C5)n4)cc3)cc2)C1. The lowest BCUT2D eigenvalue weighted by atomic mass is 9.78. The third-order valence-corrected chi connectivity index (χ3v) is 8.51. The zero-order valence-corrected chi connectivity index (χ0v) is 25.8. The first-order valence-corrected chi connectivity index (χ1v) is 15.1. The molecule has 3 aliphatic rings. The van der Waals surface area contributed by atoms with Gasteiger partial charge in [0.1, 0.15) is 29.8 Å². The monoisotopic (exact) mass is 586 g/mol. The van der Waals surface area contributed by atoms with Crippen LogP contribution < -0.4 is 19.7 Å². The van der Waals surface area contributed by atoms with E-state index in [-0.39, 0.29) is 23.7 Å². The van der Waals surface area contributed by atoms with Crippen LogP contribution in [0.25, 0.3) is 0 Å². The Morgan fingerprint density at radius 3 is 2.16 bits per heavy atom. The van der Waals surface area contributed by atoms with E-state index in [2.05, 4.69) is 53.3 Å². The molecule has 2 aliphatic heterocycles. The van der Waals surface area contributed by atoms with Crippen LogP contribution in [0.3, 0.4) is 0 Å². The topological polar surface area (TPSA) is 95.0 Å². The number of hydrogen-bond acceptors (Lipinski definition) is 8. The largest absolute Gasteiger partial charge is 0.490 e. The van der Waals surface area contributed by atoms with E-state index >= 15 is 0 Å². The fourth-order valence-corrected chi connectivity index (χ4v) is 5.78. The van der Waals surface area contributed by atoms with Crippen molar-refractivity contribution in [1.82, 2.24) is 15.3 Å². The maximum atomic E-state index is 12.0. The molecule has 3 aromatic rings. The summed E-state index contributed by atoms with van der Waals surface area (Å²) in [5.74, 6) is 2.40. The van der Waals surface area contributed by atoms with Gasteiger partial charge in [-0.3, -0.25) is 0 Å². The Labute approximate surface area is 253 Å². The molecule has 2 aromatic carbocycles. The van der Waals surface area contributed by atoms with E-state index in [1.165, 1.54) is 11.1 Å². The van der Waals surface area contributed by atoms with Crippen LogP contribution in [0.5, 0.6) is 11.5 Å². The number of alkyl carbamates (subject to hydrolysis) is 1. The Bertz CT molecular complexity index is 1420. The molecular weight excluding hydrogens is 544 g/mol. The molecule has 2 saturated heterocycles. The van der Waals surface area contributed by atoms with Crippen LogP contribution in [0.15, 0.2) is 60.8 Å². The zero-order valence-electron chi connectivity index (χ0n) is 25.8. The number of nitrogens with zero attached hydrogens (tertiary/aromatic N) is 3. The van der Waals surface area contributed by atoms with Gasteiger partial charge in [-0.15, -0.1) is 0 Å². The van der Waals surface area contributed by atoms with Gasteiger partial charge >= 0.3 is 6.09 Å². The van der Waals surface area contributed by atoms with Crippen LogP contribution in [-0.2, 0) is 21.5 Å². The van der Waals surface area contributed by atoms with Crippen molar-refractivity contribution >= 4 is 12.0 Å². The van der Waals surface area contributed by atoms with E-state index in [9.17, 15) is 4.79 Å². The van der Waals surface area contributed by atoms with Crippen LogP contribution >= 0.6 is 0 Å². The number of ether oxygens (including phenoxy) is 4. The molecule has 0 radical (unpaired) electrons. The number of benzene rings is 2. The molecule has 1 aliphatic carbocycles. The molecule has 1 N–H and O–H groups in total. The van der Waals surface area contributed by atoms with Crippen molar-refractivity contribution in [3.8, 4) is 11.5 Å². The number of anilines is 1. The highest BCUT2D eigenvalue weighted by Crippen LogP contribution is 2.39. The van der Waals surface area contributed by atoms with Crippen LogP contribution in [0.4, 0.5) is 10.7 Å². The Morgan fingerprint density at radius 1 is 0.953 bits per heavy atom. The number of nitrogens with one attached hydrogen (secondary N) is 1. The molecule has 3 heterocycles. The minimum absolute atomic E-state index is 0.0872. The number of amides is 1. The summed E-state index contributed by atoms with van der Waals surface area (Å²) in [6.07, 6.45) is 3.06. The van der Waals surface area contributed by atoms with Gasteiger partial charge in [0.15, 0.2) is 0 Å². The third kappa shape index (κ3) is 6.72. The molecule has 1 aromatic heterocycles. The molecule has 43 heavy (non-hydrogen) atoms. The van der Waals surface area contributed by atoms with Gasteiger partial charge in [0, 0.05) is 43.6 Å². The Hall–Kier alpha value is -3.85. The molecule has 0 bridgehead atoms. The van der Waals surface area contributed by atoms with Gasteiger partial charge in [-0.25, -0.2) is 14.8 Å². The molecule has 3 fully saturated rings. The molecule has 1 spiro atoms. The standard InChI is InChI=1S/C34H42N4O5/c1-32(2,3)43-31(39)37-26-16-29(17-26)42-28-12-8-24(9-13-28)33(4,5)23-6-10-27(11-7-23)41-18-25-14-15-35-30(36-25)38-19-34(20-38)21-40-22-34/h6-15,26,29H,16-22H2,1-5H3,(H,37,39). The summed E-state index contributed by atoms with van der Waals surface area (Å²) in [6, 6.07) is 18.6. The quantitative estimate of drug-likeness (QED) is 0.344. The van der Waals surface area contributed by atoms with Gasteiger partial charge in [0.2, 0.25) is 5.95 Å². The number of rotatable bonds is 9. The summed E-state index contributed by atoms with van der Waals surface area (Å²) in [7, 11) is 0.